The highest BCUT2D eigenvalue weighted by atomic mass is 16.3. The number of aliphatic hydroxyl groups is 1. The minimum absolute atomic E-state index is 0.126. The predicted octanol–water partition coefficient (Wildman–Crippen LogP) is 0.640. The summed E-state index contributed by atoms with van der Waals surface area (Å²) < 4.78 is 0. The van der Waals surface area contributed by atoms with Gasteiger partial charge in [0.25, 0.3) is 0 Å². The average molecular weight is 141 g/mol. The molecule has 3 rings (SSSR count). The van der Waals surface area contributed by atoms with E-state index in [0.717, 1.165) is 12.8 Å². The van der Waals surface area contributed by atoms with Crippen LogP contribution in [0.4, 0.5) is 0 Å². The largest absolute Gasteiger partial charge is 0.396 e. The van der Waals surface area contributed by atoms with Crippen LogP contribution >= 0.6 is 0 Å². The standard InChI is InChI=1S/C8H15NO/c9-8-3-1-2-7(4-8,5-8)6-10/h10H,1-6,9H2. The van der Waals surface area contributed by atoms with Gasteiger partial charge in [0.15, 0.2) is 0 Å². The third kappa shape index (κ3) is 0.722. The highest BCUT2D eigenvalue weighted by Crippen LogP contribution is 2.56. The van der Waals surface area contributed by atoms with Crippen molar-refractivity contribution in [2.45, 2.75) is 37.6 Å². The van der Waals surface area contributed by atoms with E-state index in [1.807, 2.05) is 0 Å². The van der Waals surface area contributed by atoms with Crippen LogP contribution in [0.3, 0.4) is 0 Å². The number of hydrogen-bond donors (Lipinski definition) is 2. The maximum atomic E-state index is 9.05. The molecule has 10 heavy (non-hydrogen) atoms. The van der Waals surface area contributed by atoms with Gasteiger partial charge in [-0.05, 0) is 31.1 Å². The summed E-state index contributed by atoms with van der Waals surface area (Å²) in [7, 11) is 0. The zero-order valence-electron chi connectivity index (χ0n) is 6.27. The van der Waals surface area contributed by atoms with Gasteiger partial charge >= 0.3 is 0 Å². The van der Waals surface area contributed by atoms with E-state index in [1.165, 1.54) is 19.3 Å². The lowest BCUT2D eigenvalue weighted by Gasteiger charge is -2.58. The second kappa shape index (κ2) is 1.74. The monoisotopic (exact) mass is 141 g/mol. The lowest BCUT2D eigenvalue weighted by molar-refractivity contribution is -0.0673. The molecule has 0 aromatic carbocycles. The van der Waals surface area contributed by atoms with Gasteiger partial charge in [-0.25, -0.2) is 0 Å². The Morgan fingerprint density at radius 3 is 2.40 bits per heavy atom. The molecular formula is C8H15NO. The summed E-state index contributed by atoms with van der Waals surface area (Å²) in [6.07, 6.45) is 5.72. The molecule has 2 nitrogen and oxygen atoms in total. The quantitative estimate of drug-likeness (QED) is 0.563. The van der Waals surface area contributed by atoms with Crippen molar-refractivity contribution in [1.82, 2.24) is 0 Å². The maximum absolute atomic E-state index is 9.05. The summed E-state index contributed by atoms with van der Waals surface area (Å²) in [5, 5.41) is 9.05. The Morgan fingerprint density at radius 2 is 2.00 bits per heavy atom. The second-order valence-electron chi connectivity index (χ2n) is 4.23. The number of rotatable bonds is 1. The van der Waals surface area contributed by atoms with Crippen LogP contribution in [0.15, 0.2) is 0 Å². The maximum Gasteiger partial charge on any atom is 0.0488 e. The SMILES string of the molecule is NC12CCCC(CO)(C1)C2. The first-order valence-corrected chi connectivity index (χ1v) is 4.08. The van der Waals surface area contributed by atoms with Crippen molar-refractivity contribution >= 4 is 0 Å². The highest BCUT2D eigenvalue weighted by molar-refractivity contribution is 5.10. The minimum atomic E-state index is 0.126. The van der Waals surface area contributed by atoms with Crippen LogP contribution in [-0.4, -0.2) is 17.3 Å². The summed E-state index contributed by atoms with van der Waals surface area (Å²) in [5.41, 5.74) is 6.38. The van der Waals surface area contributed by atoms with E-state index in [0.29, 0.717) is 6.61 Å². The van der Waals surface area contributed by atoms with Crippen molar-refractivity contribution in [3.05, 3.63) is 0 Å². The third-order valence-corrected chi connectivity index (χ3v) is 3.17. The Morgan fingerprint density at radius 1 is 1.30 bits per heavy atom. The molecule has 0 saturated heterocycles. The van der Waals surface area contributed by atoms with Crippen LogP contribution in [0.5, 0.6) is 0 Å². The molecular weight excluding hydrogens is 126 g/mol. The van der Waals surface area contributed by atoms with Gasteiger partial charge in [-0.15, -0.1) is 0 Å². The fraction of sp³-hybridized carbons (Fsp3) is 1.00. The van der Waals surface area contributed by atoms with Crippen LogP contribution in [0.25, 0.3) is 0 Å². The smallest absolute Gasteiger partial charge is 0.0488 e. The molecule has 3 N–H and O–H groups in total. The molecule has 0 aliphatic heterocycles. The molecule has 2 bridgehead atoms. The molecule has 3 saturated carbocycles. The lowest BCUT2D eigenvalue weighted by atomic mass is 9.50. The zero-order valence-corrected chi connectivity index (χ0v) is 6.27. The Balaban J connectivity index is 2.08. The topological polar surface area (TPSA) is 46.2 Å². The molecule has 0 aromatic heterocycles. The van der Waals surface area contributed by atoms with Crippen molar-refractivity contribution in [2.24, 2.45) is 11.1 Å². The normalized spacial score (nSPS) is 52.2. The van der Waals surface area contributed by atoms with E-state index >= 15 is 0 Å². The molecule has 0 amide bonds. The molecule has 0 unspecified atom stereocenters. The van der Waals surface area contributed by atoms with Crippen LogP contribution < -0.4 is 5.73 Å². The molecule has 3 fully saturated rings. The van der Waals surface area contributed by atoms with Crippen LogP contribution in [0, 0.1) is 5.41 Å². The first-order valence-electron chi connectivity index (χ1n) is 4.08. The van der Waals surface area contributed by atoms with Gasteiger partial charge in [-0.1, -0.05) is 6.42 Å². The van der Waals surface area contributed by atoms with Crippen LogP contribution in [0.1, 0.15) is 32.1 Å². The Bertz CT molecular complexity index is 149. The van der Waals surface area contributed by atoms with E-state index in [-0.39, 0.29) is 11.0 Å². The van der Waals surface area contributed by atoms with Crippen molar-refractivity contribution < 1.29 is 5.11 Å². The van der Waals surface area contributed by atoms with E-state index in [4.69, 9.17) is 10.8 Å². The van der Waals surface area contributed by atoms with Crippen molar-refractivity contribution in [2.75, 3.05) is 6.61 Å². The van der Waals surface area contributed by atoms with E-state index in [1.54, 1.807) is 0 Å². The molecule has 58 valence electrons. The Hall–Kier alpha value is -0.0800. The molecule has 0 radical (unpaired) electrons. The van der Waals surface area contributed by atoms with Gasteiger partial charge in [0.05, 0.1) is 0 Å². The van der Waals surface area contributed by atoms with Crippen molar-refractivity contribution in [3.8, 4) is 0 Å². The lowest BCUT2D eigenvalue weighted by Crippen LogP contribution is -2.62. The molecule has 2 heteroatoms. The van der Waals surface area contributed by atoms with Crippen molar-refractivity contribution in [1.29, 1.82) is 0 Å². The number of nitrogens with two attached hydrogens (primary N) is 1. The molecule has 3 aliphatic rings. The Kier molecular flexibility index (Phi) is 1.15. The number of fused-ring (bicyclic) bond motifs is 2. The number of aliphatic hydroxyl groups excluding tert-OH is 1. The second-order valence-corrected chi connectivity index (χ2v) is 4.23. The van der Waals surface area contributed by atoms with Gasteiger partial charge in [0, 0.05) is 12.1 Å². The fourth-order valence-electron chi connectivity index (χ4n) is 2.80. The highest BCUT2D eigenvalue weighted by Gasteiger charge is 2.54. The molecule has 0 aromatic rings. The van der Waals surface area contributed by atoms with Crippen LogP contribution in [0.2, 0.25) is 0 Å². The third-order valence-electron chi connectivity index (χ3n) is 3.17. The summed E-state index contributed by atoms with van der Waals surface area (Å²) in [6, 6.07) is 0. The summed E-state index contributed by atoms with van der Waals surface area (Å²) >= 11 is 0. The van der Waals surface area contributed by atoms with Crippen LogP contribution in [-0.2, 0) is 0 Å². The molecule has 0 spiro atoms. The van der Waals surface area contributed by atoms with Crippen molar-refractivity contribution in [3.63, 3.8) is 0 Å². The van der Waals surface area contributed by atoms with E-state index in [2.05, 4.69) is 0 Å². The van der Waals surface area contributed by atoms with Gasteiger partial charge in [-0.2, -0.15) is 0 Å². The minimum Gasteiger partial charge on any atom is -0.396 e. The summed E-state index contributed by atoms with van der Waals surface area (Å²) in [4.78, 5) is 0. The number of hydrogen-bond acceptors (Lipinski definition) is 2. The molecule has 0 heterocycles. The summed E-state index contributed by atoms with van der Waals surface area (Å²) in [5.74, 6) is 0. The van der Waals surface area contributed by atoms with E-state index in [9.17, 15) is 0 Å². The Labute approximate surface area is 61.4 Å². The van der Waals surface area contributed by atoms with Gasteiger partial charge in [0.2, 0.25) is 0 Å². The van der Waals surface area contributed by atoms with Gasteiger partial charge < -0.3 is 10.8 Å². The van der Waals surface area contributed by atoms with E-state index < -0.39 is 0 Å². The fourth-order valence-corrected chi connectivity index (χ4v) is 2.80. The predicted molar refractivity (Wildman–Crippen MR) is 39.5 cm³/mol. The first-order chi connectivity index (χ1) is 4.68. The van der Waals surface area contributed by atoms with Gasteiger partial charge in [-0.3, -0.25) is 0 Å². The zero-order chi connectivity index (χ0) is 7.24. The van der Waals surface area contributed by atoms with Gasteiger partial charge in [0.1, 0.15) is 0 Å². The average Bonchev–Trinajstić information content (AvgIpc) is 1.86. The first kappa shape index (κ1) is 6.62. The molecule has 0 atom stereocenters. The summed E-state index contributed by atoms with van der Waals surface area (Å²) in [6.45, 7) is 0.353. The molecule has 3 aliphatic carbocycles.